The normalized spacial score (nSPS) is 17.1. The van der Waals surface area contributed by atoms with Crippen molar-refractivity contribution in [3.8, 4) is 0 Å². The van der Waals surface area contributed by atoms with Crippen molar-refractivity contribution in [3.05, 3.63) is 71.5 Å². The molecule has 0 aliphatic carbocycles. The Morgan fingerprint density at radius 1 is 1.12 bits per heavy atom. The van der Waals surface area contributed by atoms with Gasteiger partial charge >= 0.3 is 6.09 Å². The van der Waals surface area contributed by atoms with Gasteiger partial charge in [-0.05, 0) is 63.6 Å². The Morgan fingerprint density at radius 3 is 2.50 bits per heavy atom. The zero-order chi connectivity index (χ0) is 23.1. The zero-order valence-corrected chi connectivity index (χ0v) is 19.1. The fraction of sp³-hybridized carbons (Fsp3) is 0.462. The van der Waals surface area contributed by atoms with Crippen LogP contribution in [0.25, 0.3) is 0 Å². The molecule has 2 aromatic rings. The SMILES string of the molecule is CC(C)(C)OC(=O)N[C@@H](CC(=O)N1CCCC1Cc1ccccc1)Cc1ccccc1F. The molecule has 1 aliphatic rings. The molecule has 3 rings (SSSR count). The Balaban J connectivity index is 1.70. The summed E-state index contributed by atoms with van der Waals surface area (Å²) in [6, 6.07) is 16.2. The Hall–Kier alpha value is -2.89. The third-order valence-electron chi connectivity index (χ3n) is 5.58. The van der Waals surface area contributed by atoms with E-state index in [1.165, 1.54) is 11.6 Å². The van der Waals surface area contributed by atoms with E-state index in [1.807, 2.05) is 23.1 Å². The average molecular weight is 441 g/mol. The van der Waals surface area contributed by atoms with Crippen LogP contribution in [0.5, 0.6) is 0 Å². The van der Waals surface area contributed by atoms with E-state index in [9.17, 15) is 14.0 Å². The first-order chi connectivity index (χ1) is 15.2. The number of amides is 2. The minimum atomic E-state index is -0.660. The predicted molar refractivity (Wildman–Crippen MR) is 123 cm³/mol. The average Bonchev–Trinajstić information content (AvgIpc) is 3.17. The van der Waals surface area contributed by atoms with Gasteiger partial charge in [0, 0.05) is 25.0 Å². The van der Waals surface area contributed by atoms with Gasteiger partial charge in [-0.3, -0.25) is 4.79 Å². The van der Waals surface area contributed by atoms with E-state index in [2.05, 4.69) is 17.4 Å². The smallest absolute Gasteiger partial charge is 0.407 e. The third-order valence-corrected chi connectivity index (χ3v) is 5.58. The van der Waals surface area contributed by atoms with Gasteiger partial charge in [-0.25, -0.2) is 9.18 Å². The fourth-order valence-corrected chi connectivity index (χ4v) is 4.17. The summed E-state index contributed by atoms with van der Waals surface area (Å²) in [7, 11) is 0. The van der Waals surface area contributed by atoms with E-state index in [1.54, 1.807) is 39.0 Å². The molecule has 2 amide bonds. The number of ether oxygens (including phenoxy) is 1. The van der Waals surface area contributed by atoms with Crippen molar-refractivity contribution in [3.63, 3.8) is 0 Å². The van der Waals surface area contributed by atoms with Crippen LogP contribution in [0.4, 0.5) is 9.18 Å². The minimum Gasteiger partial charge on any atom is -0.444 e. The first-order valence-corrected chi connectivity index (χ1v) is 11.3. The summed E-state index contributed by atoms with van der Waals surface area (Å²) in [4.78, 5) is 27.6. The summed E-state index contributed by atoms with van der Waals surface area (Å²) in [6.45, 7) is 6.04. The summed E-state index contributed by atoms with van der Waals surface area (Å²) in [5, 5.41) is 2.79. The van der Waals surface area contributed by atoms with Crippen LogP contribution in [0.1, 0.15) is 51.2 Å². The molecule has 0 radical (unpaired) electrons. The van der Waals surface area contributed by atoms with E-state index >= 15 is 0 Å². The molecule has 1 heterocycles. The van der Waals surface area contributed by atoms with Crippen LogP contribution in [0.3, 0.4) is 0 Å². The maximum absolute atomic E-state index is 14.3. The summed E-state index contributed by atoms with van der Waals surface area (Å²) < 4.78 is 19.6. The highest BCUT2D eigenvalue weighted by Crippen LogP contribution is 2.23. The highest BCUT2D eigenvalue weighted by molar-refractivity contribution is 5.78. The van der Waals surface area contributed by atoms with Gasteiger partial charge in [0.15, 0.2) is 0 Å². The number of halogens is 1. The van der Waals surface area contributed by atoms with Gasteiger partial charge in [0.1, 0.15) is 11.4 Å². The summed E-state index contributed by atoms with van der Waals surface area (Å²) >= 11 is 0. The molecule has 2 aromatic carbocycles. The second-order valence-electron chi connectivity index (χ2n) is 9.42. The molecule has 1 unspecified atom stereocenters. The van der Waals surface area contributed by atoms with Gasteiger partial charge in [-0.1, -0.05) is 48.5 Å². The number of nitrogens with zero attached hydrogens (tertiary/aromatic N) is 1. The molecule has 0 saturated carbocycles. The molecule has 2 atom stereocenters. The van der Waals surface area contributed by atoms with Gasteiger partial charge in [0.2, 0.25) is 5.91 Å². The topological polar surface area (TPSA) is 58.6 Å². The number of benzene rings is 2. The van der Waals surface area contributed by atoms with Crippen LogP contribution < -0.4 is 5.32 Å². The molecule has 0 spiro atoms. The Kier molecular flexibility index (Phi) is 7.89. The predicted octanol–water partition coefficient (Wildman–Crippen LogP) is 4.89. The lowest BCUT2D eigenvalue weighted by atomic mass is 10.0. The van der Waals surface area contributed by atoms with E-state index in [0.717, 1.165) is 19.3 Å². The number of carbonyl (C=O) groups is 2. The number of rotatable bonds is 7. The Bertz CT molecular complexity index is 911. The van der Waals surface area contributed by atoms with E-state index in [-0.39, 0.29) is 30.6 Å². The third kappa shape index (κ3) is 7.08. The second kappa shape index (κ2) is 10.6. The first-order valence-electron chi connectivity index (χ1n) is 11.3. The number of hydrogen-bond donors (Lipinski definition) is 1. The summed E-state index contributed by atoms with van der Waals surface area (Å²) in [6.07, 6.45) is 2.44. The lowest BCUT2D eigenvalue weighted by Crippen LogP contribution is -2.45. The largest absolute Gasteiger partial charge is 0.444 e. The molecule has 1 N–H and O–H groups in total. The highest BCUT2D eigenvalue weighted by atomic mass is 19.1. The van der Waals surface area contributed by atoms with Crippen molar-refractivity contribution in [2.24, 2.45) is 0 Å². The number of likely N-dealkylation sites (tertiary alicyclic amines) is 1. The molecule has 0 bridgehead atoms. The van der Waals surface area contributed by atoms with Crippen molar-refractivity contribution in [1.82, 2.24) is 10.2 Å². The molecule has 1 saturated heterocycles. The van der Waals surface area contributed by atoms with Gasteiger partial charge < -0.3 is 15.0 Å². The summed E-state index contributed by atoms with van der Waals surface area (Å²) in [5.74, 6) is -0.375. The first kappa shape index (κ1) is 23.8. The van der Waals surface area contributed by atoms with E-state index in [4.69, 9.17) is 4.74 Å². The molecule has 5 nitrogen and oxygen atoms in total. The van der Waals surface area contributed by atoms with E-state index in [0.29, 0.717) is 12.1 Å². The number of alkyl carbamates (subject to hydrolysis) is 1. The van der Waals surface area contributed by atoms with Crippen LogP contribution in [-0.4, -0.2) is 41.1 Å². The van der Waals surface area contributed by atoms with Crippen LogP contribution in [0, 0.1) is 5.82 Å². The molecular formula is C26H33FN2O3. The van der Waals surface area contributed by atoms with Gasteiger partial charge in [0.05, 0.1) is 0 Å². The van der Waals surface area contributed by atoms with Crippen LogP contribution in [0.2, 0.25) is 0 Å². The number of hydrogen-bond acceptors (Lipinski definition) is 3. The van der Waals surface area contributed by atoms with Crippen molar-refractivity contribution in [2.45, 2.75) is 70.6 Å². The fourth-order valence-electron chi connectivity index (χ4n) is 4.17. The van der Waals surface area contributed by atoms with Crippen molar-refractivity contribution in [1.29, 1.82) is 0 Å². The van der Waals surface area contributed by atoms with Crippen molar-refractivity contribution >= 4 is 12.0 Å². The number of carbonyl (C=O) groups excluding carboxylic acids is 2. The molecule has 32 heavy (non-hydrogen) atoms. The van der Waals surface area contributed by atoms with Crippen molar-refractivity contribution < 1.29 is 18.7 Å². The van der Waals surface area contributed by atoms with Gasteiger partial charge in [-0.15, -0.1) is 0 Å². The minimum absolute atomic E-state index is 0.0270. The molecule has 172 valence electrons. The zero-order valence-electron chi connectivity index (χ0n) is 19.1. The summed E-state index contributed by atoms with van der Waals surface area (Å²) in [5.41, 5.74) is 1.00. The van der Waals surface area contributed by atoms with E-state index < -0.39 is 17.7 Å². The molecule has 1 fully saturated rings. The maximum atomic E-state index is 14.3. The second-order valence-corrected chi connectivity index (χ2v) is 9.42. The standard InChI is InChI=1S/C26H33FN2O3/c1-26(2,3)32-25(31)28-21(17-20-12-7-8-14-23(20)27)18-24(30)29-15-9-13-22(29)16-19-10-5-4-6-11-19/h4-8,10-12,14,21-22H,9,13,15-18H2,1-3H3,(H,28,31)/t21-,22?/m1/s1. The molecule has 6 heteroatoms. The van der Waals surface area contributed by atoms with Crippen molar-refractivity contribution in [2.75, 3.05) is 6.54 Å². The number of nitrogens with one attached hydrogen (secondary N) is 1. The Morgan fingerprint density at radius 2 is 1.81 bits per heavy atom. The van der Waals surface area contributed by atoms with Crippen LogP contribution in [0.15, 0.2) is 54.6 Å². The maximum Gasteiger partial charge on any atom is 0.407 e. The Labute approximate surface area is 190 Å². The monoisotopic (exact) mass is 440 g/mol. The molecule has 1 aliphatic heterocycles. The van der Waals surface area contributed by atoms with Gasteiger partial charge in [-0.2, -0.15) is 0 Å². The van der Waals surface area contributed by atoms with Crippen LogP contribution >= 0.6 is 0 Å². The molecule has 0 aromatic heterocycles. The lowest BCUT2D eigenvalue weighted by molar-refractivity contribution is -0.132. The quantitative estimate of drug-likeness (QED) is 0.667. The molecular weight excluding hydrogens is 407 g/mol. The van der Waals surface area contributed by atoms with Gasteiger partial charge in [0.25, 0.3) is 0 Å². The van der Waals surface area contributed by atoms with Crippen LogP contribution in [-0.2, 0) is 22.4 Å². The lowest BCUT2D eigenvalue weighted by Gasteiger charge is -2.28. The highest BCUT2D eigenvalue weighted by Gasteiger charge is 2.31.